The van der Waals surface area contributed by atoms with Crippen molar-refractivity contribution in [1.29, 1.82) is 0 Å². The van der Waals surface area contributed by atoms with Gasteiger partial charge in [-0.1, -0.05) is 72.8 Å². The van der Waals surface area contributed by atoms with Gasteiger partial charge in [0.05, 0.1) is 73.6 Å². The first-order valence-electron chi connectivity index (χ1n) is 22.9. The number of allylic oxidation sites excluding steroid dienone is 3. The second-order valence-electron chi connectivity index (χ2n) is 18.5. The minimum Gasteiger partial charge on any atom is -0.374 e. The first-order chi connectivity index (χ1) is 33.6. The van der Waals surface area contributed by atoms with Gasteiger partial charge in [0.25, 0.3) is 0 Å². The largest absolute Gasteiger partial charge is 0.374 e. The lowest BCUT2D eigenvalue weighted by molar-refractivity contribution is 0.837. The smallest absolute Gasteiger partial charge is 0.119 e. The molecule has 1 unspecified atom stereocenters. The third-order valence-corrected chi connectivity index (χ3v) is 14.6. The highest BCUT2D eigenvalue weighted by molar-refractivity contribution is 6.26. The molecule has 0 saturated carbocycles. The van der Waals surface area contributed by atoms with Crippen LogP contribution in [-0.4, -0.2) is 55.9 Å². The quantitative estimate of drug-likeness (QED) is 0.0869. The van der Waals surface area contributed by atoms with Crippen molar-refractivity contribution in [3.63, 3.8) is 0 Å². The minimum atomic E-state index is -0.0505. The molecule has 4 N–H and O–H groups in total. The number of para-hydroxylation sites is 3. The fraction of sp³-hybridized carbons (Fsp3) is 0.0351. The molecule has 3 aliphatic heterocycles. The number of pyridine rings is 3. The van der Waals surface area contributed by atoms with Gasteiger partial charge in [-0.05, 0) is 72.3 Å². The number of rotatable bonds is 0. The van der Waals surface area contributed by atoms with Crippen molar-refractivity contribution in [3.05, 3.63) is 174 Å². The standard InChI is InChI=1S/C57H31N11/c1-5-26-19-30-23-31-20-27-6-2-10-35(46(27)60-31)42-17-14-39-50(64-42)49-38(13-16-41(63-49)34(9-1)45(26)59-30)51-52(39)68-57-54(67-51)40-15-18-43-36-11-3-7-28-21-32(61-47(28)36)24-33-22-29-8-4-12-37(48(29)62-33)44-25-58-55(57)56(66-44)53(40)65-43/h1-23,25,45,59-62H,24H2. The lowest BCUT2D eigenvalue weighted by atomic mass is 9.92. The predicted molar refractivity (Wildman–Crippen MR) is 271 cm³/mol. The Morgan fingerprint density at radius 1 is 0.456 bits per heavy atom. The monoisotopic (exact) mass is 869 g/mol. The molecule has 314 valence electrons. The van der Waals surface area contributed by atoms with Crippen LogP contribution in [-0.2, 0) is 6.42 Å². The zero-order valence-electron chi connectivity index (χ0n) is 35.8. The Kier molecular flexibility index (Phi) is 6.33. The summed E-state index contributed by atoms with van der Waals surface area (Å²) in [4.78, 5) is 49.7. The molecular weight excluding hydrogens is 839 g/mol. The first kappa shape index (κ1) is 35.0. The summed E-state index contributed by atoms with van der Waals surface area (Å²) in [6, 6.07) is 38.4. The van der Waals surface area contributed by atoms with Gasteiger partial charge in [-0.3, -0.25) is 0 Å². The maximum Gasteiger partial charge on any atom is 0.119 e. The third kappa shape index (κ3) is 4.63. The van der Waals surface area contributed by atoms with E-state index in [1.807, 2.05) is 6.20 Å². The van der Waals surface area contributed by atoms with Crippen LogP contribution in [0.2, 0.25) is 0 Å². The van der Waals surface area contributed by atoms with E-state index in [9.17, 15) is 0 Å². The van der Waals surface area contributed by atoms with Gasteiger partial charge >= 0.3 is 0 Å². The zero-order chi connectivity index (χ0) is 43.9. The van der Waals surface area contributed by atoms with E-state index in [1.54, 1.807) is 0 Å². The number of benzene rings is 5. The SMILES string of the molecule is C1=CC2=CC3=Cc4cc5cccc(c5[nH]4)-c4ccc5c(n4)c4nc(ccc4c4nc6c7ccc8nc7c7nc(cnc7c6nc54)-c4cccc5cc([nH]c45)Cc4cc5cccc-8c5[nH]4)C(=C1)C2N3. The van der Waals surface area contributed by atoms with Crippen molar-refractivity contribution in [3.8, 4) is 33.8 Å². The molecule has 0 saturated heterocycles. The molecule has 11 nitrogen and oxygen atoms in total. The van der Waals surface area contributed by atoms with Crippen LogP contribution >= 0.6 is 0 Å². The fourth-order valence-corrected chi connectivity index (χ4v) is 11.5. The predicted octanol–water partition coefficient (Wildman–Crippen LogP) is 11.9. The molecule has 13 aromatic rings. The topological polar surface area (TPSA) is 150 Å². The van der Waals surface area contributed by atoms with E-state index in [4.69, 9.17) is 34.9 Å². The number of aromatic nitrogens is 10. The summed E-state index contributed by atoms with van der Waals surface area (Å²) in [5.74, 6) is 0. The molecule has 1 atom stereocenters. The molecule has 5 aromatic carbocycles. The molecule has 68 heavy (non-hydrogen) atoms. The molecule has 0 amide bonds. The molecule has 0 spiro atoms. The number of nitrogens with zero attached hydrogens (tertiary/aromatic N) is 7. The highest BCUT2D eigenvalue weighted by Gasteiger charge is 2.29. The molecule has 17 rings (SSSR count). The van der Waals surface area contributed by atoms with Crippen molar-refractivity contribution < 1.29 is 0 Å². The van der Waals surface area contributed by atoms with Gasteiger partial charge < -0.3 is 20.3 Å². The van der Waals surface area contributed by atoms with Crippen molar-refractivity contribution in [2.24, 2.45) is 0 Å². The van der Waals surface area contributed by atoms with Gasteiger partial charge in [0.1, 0.15) is 27.6 Å². The van der Waals surface area contributed by atoms with Crippen molar-refractivity contribution in [2.45, 2.75) is 12.5 Å². The van der Waals surface area contributed by atoms with Gasteiger partial charge in [0, 0.05) is 83.8 Å². The van der Waals surface area contributed by atoms with E-state index in [-0.39, 0.29) is 6.04 Å². The Morgan fingerprint density at radius 3 is 1.68 bits per heavy atom. The van der Waals surface area contributed by atoms with E-state index >= 15 is 0 Å². The second kappa shape index (κ2) is 12.3. The number of hydrogen-bond acceptors (Lipinski definition) is 8. The average molecular weight is 870 g/mol. The maximum atomic E-state index is 5.63. The van der Waals surface area contributed by atoms with Crippen LogP contribution in [0.4, 0.5) is 0 Å². The molecule has 11 heterocycles. The van der Waals surface area contributed by atoms with Crippen molar-refractivity contribution in [2.75, 3.05) is 0 Å². The van der Waals surface area contributed by atoms with E-state index in [2.05, 4.69) is 160 Å². The summed E-state index contributed by atoms with van der Waals surface area (Å²) in [7, 11) is 0. The summed E-state index contributed by atoms with van der Waals surface area (Å²) in [6.45, 7) is 0. The summed E-state index contributed by atoms with van der Waals surface area (Å²) in [5.41, 5.74) is 22.2. The Balaban J connectivity index is 0.998. The minimum absolute atomic E-state index is 0.0505. The highest BCUT2D eigenvalue weighted by Crippen LogP contribution is 2.42. The normalized spacial score (nSPS) is 15.8. The van der Waals surface area contributed by atoms with Crippen LogP contribution in [0.25, 0.3) is 144 Å². The molecule has 1 aliphatic carbocycles. The Labute approximate surface area is 383 Å². The van der Waals surface area contributed by atoms with Crippen LogP contribution < -0.4 is 5.32 Å². The molecule has 4 aliphatic rings. The van der Waals surface area contributed by atoms with Crippen molar-refractivity contribution >= 4 is 110 Å². The zero-order valence-corrected chi connectivity index (χ0v) is 35.8. The molecule has 0 fully saturated rings. The van der Waals surface area contributed by atoms with Crippen LogP contribution in [0.5, 0.6) is 0 Å². The molecule has 16 bridgehead atoms. The number of hydrogen-bond donors (Lipinski definition) is 4. The Bertz CT molecular complexity index is 4690. The van der Waals surface area contributed by atoms with Crippen LogP contribution in [0, 0.1) is 0 Å². The summed E-state index contributed by atoms with van der Waals surface area (Å²) in [5, 5.41) is 9.70. The number of nitrogens with one attached hydrogen (secondary N) is 4. The van der Waals surface area contributed by atoms with Gasteiger partial charge in [0.2, 0.25) is 0 Å². The van der Waals surface area contributed by atoms with Crippen molar-refractivity contribution in [1.82, 2.24) is 55.2 Å². The third-order valence-electron chi connectivity index (χ3n) is 14.6. The summed E-state index contributed by atoms with van der Waals surface area (Å²) >= 11 is 0. The second-order valence-corrected chi connectivity index (χ2v) is 18.5. The van der Waals surface area contributed by atoms with E-state index in [0.29, 0.717) is 27.6 Å². The number of H-pyrrole nitrogens is 3. The van der Waals surface area contributed by atoms with Crippen LogP contribution in [0.15, 0.2) is 151 Å². The summed E-state index contributed by atoms with van der Waals surface area (Å²) < 4.78 is 0. The number of aromatic amines is 3. The van der Waals surface area contributed by atoms with E-state index < -0.39 is 0 Å². The first-order valence-corrected chi connectivity index (χ1v) is 22.9. The lowest BCUT2D eigenvalue weighted by Crippen LogP contribution is -2.26. The Hall–Kier alpha value is -9.35. The fourth-order valence-electron chi connectivity index (χ4n) is 11.5. The van der Waals surface area contributed by atoms with E-state index in [1.165, 1.54) is 5.57 Å². The maximum absolute atomic E-state index is 5.63. The molecular formula is C57H31N11. The number of fused-ring (bicyclic) bond motifs is 18. The molecule has 11 heteroatoms. The van der Waals surface area contributed by atoms with Gasteiger partial charge in [-0.2, -0.15) is 0 Å². The van der Waals surface area contributed by atoms with Gasteiger partial charge in [0.15, 0.2) is 0 Å². The lowest BCUT2D eigenvalue weighted by Gasteiger charge is -2.21. The average Bonchev–Trinajstić information content (AvgIpc) is 4.19. The van der Waals surface area contributed by atoms with Crippen LogP contribution in [0.1, 0.15) is 22.8 Å². The van der Waals surface area contributed by atoms with Gasteiger partial charge in [-0.15, -0.1) is 0 Å². The molecule has 0 radical (unpaired) electrons. The Morgan fingerprint density at radius 2 is 0.985 bits per heavy atom. The van der Waals surface area contributed by atoms with Gasteiger partial charge in [-0.25, -0.2) is 34.9 Å². The molecule has 8 aromatic heterocycles. The van der Waals surface area contributed by atoms with Crippen LogP contribution in [0.3, 0.4) is 0 Å². The summed E-state index contributed by atoms with van der Waals surface area (Å²) in [6.07, 6.45) is 13.4. The van der Waals surface area contributed by atoms with E-state index in [0.717, 1.165) is 145 Å². The highest BCUT2D eigenvalue weighted by atomic mass is 15.0.